The van der Waals surface area contributed by atoms with Gasteiger partial charge in [-0.3, -0.25) is 9.69 Å². The maximum Gasteiger partial charge on any atom is 0.231 e. The first kappa shape index (κ1) is 19.2. The summed E-state index contributed by atoms with van der Waals surface area (Å²) < 4.78 is 10.5. The number of anilines is 1. The molecule has 0 spiro atoms. The topological polar surface area (TPSA) is 79.8 Å². The number of likely N-dealkylation sites (tertiary alicyclic amines) is 1. The monoisotopic (exact) mass is 389 g/mol. The predicted octanol–water partition coefficient (Wildman–Crippen LogP) is 1.45. The second kappa shape index (κ2) is 8.51. The van der Waals surface area contributed by atoms with Crippen LogP contribution in [0.5, 0.6) is 11.8 Å². The lowest BCUT2D eigenvalue weighted by Gasteiger charge is -2.42. The van der Waals surface area contributed by atoms with Crippen molar-refractivity contribution in [1.29, 1.82) is 0 Å². The van der Waals surface area contributed by atoms with Gasteiger partial charge in [-0.1, -0.05) is 0 Å². The zero-order chi connectivity index (χ0) is 19.5. The number of aromatic nitrogens is 2. The Morgan fingerprint density at radius 3 is 2.32 bits per heavy atom. The van der Waals surface area contributed by atoms with E-state index >= 15 is 0 Å². The predicted molar refractivity (Wildman–Crippen MR) is 106 cm³/mol. The molecule has 8 nitrogen and oxygen atoms in total. The zero-order valence-electron chi connectivity index (χ0n) is 16.9. The molecular weight excluding hydrogens is 358 g/mol. The first-order valence-electron chi connectivity index (χ1n) is 10.4. The molecule has 0 aromatic carbocycles. The third-order valence-corrected chi connectivity index (χ3v) is 6.10. The SMILES string of the molecule is COc1cc(OC)nc(N2CCC(N3CCC[C@@H](C(=O)NC4CC4)C3)CC2)n1. The number of piperidine rings is 2. The molecule has 1 atom stereocenters. The van der Waals surface area contributed by atoms with E-state index in [0.29, 0.717) is 29.8 Å². The van der Waals surface area contributed by atoms with Gasteiger partial charge in [0.1, 0.15) is 0 Å². The molecule has 3 fully saturated rings. The van der Waals surface area contributed by atoms with E-state index in [9.17, 15) is 4.79 Å². The summed E-state index contributed by atoms with van der Waals surface area (Å²) in [7, 11) is 3.20. The molecule has 8 heteroatoms. The molecule has 0 unspecified atom stereocenters. The highest BCUT2D eigenvalue weighted by atomic mass is 16.5. The van der Waals surface area contributed by atoms with Gasteiger partial charge >= 0.3 is 0 Å². The smallest absolute Gasteiger partial charge is 0.231 e. The molecule has 1 aromatic rings. The van der Waals surface area contributed by atoms with Crippen LogP contribution in [0.25, 0.3) is 0 Å². The molecule has 28 heavy (non-hydrogen) atoms. The Labute approximate surface area is 166 Å². The van der Waals surface area contributed by atoms with Gasteiger partial charge in [-0.25, -0.2) is 0 Å². The summed E-state index contributed by atoms with van der Waals surface area (Å²) in [5.41, 5.74) is 0. The van der Waals surface area contributed by atoms with Crippen molar-refractivity contribution in [3.05, 3.63) is 6.07 Å². The van der Waals surface area contributed by atoms with Gasteiger partial charge in [0, 0.05) is 31.7 Å². The summed E-state index contributed by atoms with van der Waals surface area (Å²) >= 11 is 0. The molecule has 1 saturated carbocycles. The first-order chi connectivity index (χ1) is 13.7. The average molecular weight is 390 g/mol. The molecule has 1 aliphatic carbocycles. The quantitative estimate of drug-likeness (QED) is 0.789. The minimum absolute atomic E-state index is 0.151. The van der Waals surface area contributed by atoms with E-state index in [0.717, 1.165) is 64.7 Å². The van der Waals surface area contributed by atoms with Gasteiger partial charge in [-0.15, -0.1) is 0 Å². The summed E-state index contributed by atoms with van der Waals surface area (Å²) in [6.45, 7) is 3.79. The van der Waals surface area contributed by atoms with Gasteiger partial charge in [0.05, 0.1) is 26.2 Å². The van der Waals surface area contributed by atoms with Crippen LogP contribution >= 0.6 is 0 Å². The van der Waals surface area contributed by atoms with Crippen LogP contribution < -0.4 is 19.7 Å². The number of nitrogens with one attached hydrogen (secondary N) is 1. The molecule has 1 aromatic heterocycles. The molecule has 4 rings (SSSR count). The average Bonchev–Trinajstić information content (AvgIpc) is 3.57. The minimum atomic E-state index is 0.151. The van der Waals surface area contributed by atoms with Crippen molar-refractivity contribution in [2.24, 2.45) is 5.92 Å². The van der Waals surface area contributed by atoms with Crippen molar-refractivity contribution in [3.63, 3.8) is 0 Å². The molecule has 0 bridgehead atoms. The normalized spacial score (nSPS) is 24.1. The zero-order valence-corrected chi connectivity index (χ0v) is 16.9. The molecule has 2 aliphatic heterocycles. The Hall–Kier alpha value is -2.09. The Morgan fingerprint density at radius 1 is 1.04 bits per heavy atom. The minimum Gasteiger partial charge on any atom is -0.481 e. The number of hydrogen-bond acceptors (Lipinski definition) is 7. The number of ether oxygens (including phenoxy) is 2. The third-order valence-electron chi connectivity index (χ3n) is 6.10. The van der Waals surface area contributed by atoms with E-state index < -0.39 is 0 Å². The summed E-state index contributed by atoms with van der Waals surface area (Å²) in [4.78, 5) is 26.1. The van der Waals surface area contributed by atoms with Crippen molar-refractivity contribution in [3.8, 4) is 11.8 Å². The molecule has 1 N–H and O–H groups in total. The maximum absolute atomic E-state index is 12.4. The second-order valence-electron chi connectivity index (χ2n) is 8.09. The molecule has 0 radical (unpaired) electrons. The fourth-order valence-electron chi connectivity index (χ4n) is 4.27. The van der Waals surface area contributed by atoms with Crippen molar-refractivity contribution in [1.82, 2.24) is 20.2 Å². The number of methoxy groups -OCH3 is 2. The van der Waals surface area contributed by atoms with Gasteiger partial charge in [0.25, 0.3) is 0 Å². The highest BCUT2D eigenvalue weighted by Gasteiger charge is 2.34. The lowest BCUT2D eigenvalue weighted by molar-refractivity contribution is -0.127. The summed E-state index contributed by atoms with van der Waals surface area (Å²) in [5.74, 6) is 2.11. The number of hydrogen-bond donors (Lipinski definition) is 1. The molecule has 3 aliphatic rings. The van der Waals surface area contributed by atoms with Gasteiger partial charge < -0.3 is 19.7 Å². The molecule has 1 amide bonds. The van der Waals surface area contributed by atoms with E-state index in [2.05, 4.69) is 25.1 Å². The fraction of sp³-hybridized carbons (Fsp3) is 0.750. The lowest BCUT2D eigenvalue weighted by Crippen LogP contribution is -2.51. The van der Waals surface area contributed by atoms with E-state index in [1.165, 1.54) is 0 Å². The Morgan fingerprint density at radius 2 is 1.71 bits per heavy atom. The summed E-state index contributed by atoms with van der Waals surface area (Å²) in [6, 6.07) is 2.67. The van der Waals surface area contributed by atoms with Gasteiger partial charge in [0.15, 0.2) is 0 Å². The standard InChI is InChI=1S/C20H31N5O3/c1-27-17-12-18(28-2)23-20(22-17)24-10-7-16(8-11-24)25-9-3-4-14(13-25)19(26)21-15-5-6-15/h12,14-16H,3-11,13H2,1-2H3,(H,21,26)/t14-/m1/s1. The van der Waals surface area contributed by atoms with Crippen LogP contribution in [0.2, 0.25) is 0 Å². The summed E-state index contributed by atoms with van der Waals surface area (Å²) in [6.07, 6.45) is 6.54. The van der Waals surface area contributed by atoms with Crippen LogP contribution in [0.3, 0.4) is 0 Å². The van der Waals surface area contributed by atoms with Gasteiger partial charge in [-0.05, 0) is 45.1 Å². The van der Waals surface area contributed by atoms with E-state index in [1.54, 1.807) is 20.3 Å². The largest absolute Gasteiger partial charge is 0.481 e. The van der Waals surface area contributed by atoms with Crippen LogP contribution in [0, 0.1) is 5.92 Å². The van der Waals surface area contributed by atoms with Crippen LogP contribution in [0.15, 0.2) is 6.07 Å². The van der Waals surface area contributed by atoms with E-state index in [-0.39, 0.29) is 11.8 Å². The molecule has 2 saturated heterocycles. The number of carbonyl (C=O) groups is 1. The van der Waals surface area contributed by atoms with Crippen molar-refractivity contribution < 1.29 is 14.3 Å². The molecule has 154 valence electrons. The summed E-state index contributed by atoms with van der Waals surface area (Å²) in [5, 5.41) is 3.18. The van der Waals surface area contributed by atoms with Crippen molar-refractivity contribution in [2.75, 3.05) is 45.3 Å². The van der Waals surface area contributed by atoms with Crippen LogP contribution in [0.4, 0.5) is 5.95 Å². The second-order valence-corrected chi connectivity index (χ2v) is 8.09. The van der Waals surface area contributed by atoms with Crippen molar-refractivity contribution >= 4 is 11.9 Å². The van der Waals surface area contributed by atoms with Crippen LogP contribution in [-0.2, 0) is 4.79 Å². The van der Waals surface area contributed by atoms with Crippen LogP contribution in [-0.4, -0.2) is 73.3 Å². The Bertz CT molecular complexity index is 666. The van der Waals surface area contributed by atoms with Crippen molar-refractivity contribution in [2.45, 2.75) is 50.6 Å². The highest BCUT2D eigenvalue weighted by molar-refractivity contribution is 5.79. The van der Waals surface area contributed by atoms with Gasteiger partial charge in [0.2, 0.25) is 23.6 Å². The van der Waals surface area contributed by atoms with Gasteiger partial charge in [-0.2, -0.15) is 9.97 Å². The number of nitrogens with zero attached hydrogens (tertiary/aromatic N) is 4. The number of amides is 1. The maximum atomic E-state index is 12.4. The lowest BCUT2D eigenvalue weighted by atomic mass is 9.93. The number of carbonyl (C=O) groups excluding carboxylic acids is 1. The first-order valence-corrected chi connectivity index (χ1v) is 10.4. The fourth-order valence-corrected chi connectivity index (χ4v) is 4.27. The highest BCUT2D eigenvalue weighted by Crippen LogP contribution is 2.28. The molecular formula is C20H31N5O3. The van der Waals surface area contributed by atoms with Crippen LogP contribution in [0.1, 0.15) is 38.5 Å². The Kier molecular flexibility index (Phi) is 5.85. The van der Waals surface area contributed by atoms with E-state index in [1.807, 2.05) is 0 Å². The van der Waals surface area contributed by atoms with E-state index in [4.69, 9.17) is 9.47 Å². The molecule has 3 heterocycles. The Balaban J connectivity index is 1.33. The number of rotatable bonds is 6. The third kappa shape index (κ3) is 4.48.